The minimum Gasteiger partial charge on any atom is -1.00 e. The number of benzene rings is 2. The van der Waals surface area contributed by atoms with Crippen molar-refractivity contribution in [2.45, 2.75) is 6.04 Å². The van der Waals surface area contributed by atoms with E-state index in [2.05, 4.69) is 0 Å². The van der Waals surface area contributed by atoms with Crippen molar-refractivity contribution in [3.05, 3.63) is 71.3 Å². The number of carboxylic acid groups (broad SMARTS) is 1. The van der Waals surface area contributed by atoms with Crippen LogP contribution in [-0.2, 0) is 4.79 Å². The van der Waals surface area contributed by atoms with Gasteiger partial charge in [-0.25, -0.2) is 0 Å². The molecule has 0 saturated carbocycles. The Kier molecular flexibility index (Phi) is 13.3. The zero-order chi connectivity index (χ0) is 13.8. The molecule has 0 aliphatic heterocycles. The number of aliphatic carboxylic acids is 1. The van der Waals surface area contributed by atoms with Crippen LogP contribution in [0.25, 0.3) is 0 Å². The van der Waals surface area contributed by atoms with Crippen molar-refractivity contribution in [3.63, 3.8) is 0 Å². The summed E-state index contributed by atoms with van der Waals surface area (Å²) in [6.45, 7) is 0. The van der Waals surface area contributed by atoms with Crippen LogP contribution >= 0.6 is 0 Å². The van der Waals surface area contributed by atoms with Crippen LogP contribution in [0.5, 0.6) is 0 Å². The summed E-state index contributed by atoms with van der Waals surface area (Å²) >= 11 is 0. The second kappa shape index (κ2) is 11.7. The van der Waals surface area contributed by atoms with Gasteiger partial charge in [0.2, 0.25) is 0 Å². The minimum absolute atomic E-state index is 0. The normalized spacial score (nSPS) is 9.78. The monoisotopic (exact) mass is 335 g/mol. The third-order valence-electron chi connectivity index (χ3n) is 2.81. The molecule has 0 spiro atoms. The first-order valence-electron chi connectivity index (χ1n) is 5.77. The summed E-state index contributed by atoms with van der Waals surface area (Å²) in [7, 11) is 0. The molecule has 0 bridgehead atoms. The summed E-state index contributed by atoms with van der Waals surface area (Å²) in [5, 5.41) is 8.87. The maximum Gasteiger partial charge on any atom is 2.00 e. The molecule has 0 aliphatic carbocycles. The predicted molar refractivity (Wildman–Crippen MR) is 89.7 cm³/mol. The number of hydrogen-bond acceptors (Lipinski definition) is 3. The van der Waals surface area contributed by atoms with Gasteiger partial charge in [-0.05, 0) is 11.6 Å². The van der Waals surface area contributed by atoms with E-state index in [0.717, 1.165) is 0 Å². The van der Waals surface area contributed by atoms with Gasteiger partial charge in [-0.3, -0.25) is 9.59 Å². The van der Waals surface area contributed by atoms with E-state index in [9.17, 15) is 9.59 Å². The van der Waals surface area contributed by atoms with Crippen LogP contribution in [0, 0.1) is 0 Å². The molecule has 124 valence electrons. The Morgan fingerprint density at radius 3 is 1.96 bits per heavy atom. The summed E-state index contributed by atoms with van der Waals surface area (Å²) in [6.07, 6.45) is 0. The Morgan fingerprint density at radius 1 is 0.913 bits per heavy atom. The van der Waals surface area contributed by atoms with Gasteiger partial charge in [0.1, 0.15) is 6.04 Å². The smallest absolute Gasteiger partial charge is 1.00 e. The average molecular weight is 336 g/mol. The fourth-order valence-electron chi connectivity index (χ4n) is 1.77. The molecule has 0 aliphatic rings. The fourth-order valence-corrected chi connectivity index (χ4v) is 1.77. The third-order valence-corrected chi connectivity index (χ3v) is 2.81. The Labute approximate surface area is 152 Å². The van der Waals surface area contributed by atoms with Gasteiger partial charge in [0.15, 0.2) is 5.78 Å². The van der Waals surface area contributed by atoms with Gasteiger partial charge in [0.25, 0.3) is 0 Å². The zero-order valence-corrected chi connectivity index (χ0v) is 13.7. The number of hydrogen-bond donors (Lipinski definition) is 2. The number of nitrogens with two attached hydrogens (primary N) is 1. The Bertz CT molecular complexity index is 630. The molecular weight excluding hydrogens is 314 g/mol. The van der Waals surface area contributed by atoms with E-state index >= 15 is 0 Å². The average Bonchev–Trinajstić information content (AvgIpc) is 2.46. The largest absolute Gasteiger partial charge is 2.00 e. The minimum atomic E-state index is -1.12. The second-order valence-electron chi connectivity index (χ2n) is 4.14. The number of carbonyl (C=O) groups is 2. The number of rotatable bonds is 4. The molecule has 0 fully saturated rings. The zero-order valence-electron chi connectivity index (χ0n) is 14.3. The van der Waals surface area contributed by atoms with Crippen LogP contribution in [0.1, 0.15) is 30.4 Å². The first kappa shape index (κ1) is 26.1. The van der Waals surface area contributed by atoms with Crippen molar-refractivity contribution >= 4 is 34.8 Å². The third kappa shape index (κ3) is 6.44. The molecule has 0 amide bonds. The molecule has 23 heavy (non-hydrogen) atoms. The summed E-state index contributed by atoms with van der Waals surface area (Å²) in [6, 6.07) is 14.1. The van der Waals surface area contributed by atoms with E-state index in [1.807, 2.05) is 6.07 Å². The molecule has 0 radical (unpaired) electrons. The molecule has 2 rings (SSSR count). The summed E-state index contributed by atoms with van der Waals surface area (Å²) < 4.78 is 0. The quantitative estimate of drug-likeness (QED) is 0.559. The maximum atomic E-state index is 12.2. The van der Waals surface area contributed by atoms with Crippen molar-refractivity contribution in [1.29, 1.82) is 0 Å². The summed E-state index contributed by atoms with van der Waals surface area (Å²) in [5.41, 5.74) is 6.94. The number of ketones is 1. The molecule has 1 unspecified atom stereocenters. The predicted octanol–water partition coefficient (Wildman–Crippen LogP) is -0.628. The van der Waals surface area contributed by atoms with Gasteiger partial charge >= 0.3 is 29.0 Å². The first-order chi connectivity index (χ1) is 9.09. The van der Waals surface area contributed by atoms with Crippen molar-refractivity contribution in [1.82, 2.24) is 0 Å². The Balaban J connectivity index is -0.000000222. The molecule has 8 heteroatoms. The standard InChI is InChI=1S/C15H13NO3.Mg.3H2O.2H/c16-13(15(18)19)11-7-4-8-12(9-11)14(17)10-5-2-1-3-6-10;;;;;;/h1-9,13H,16H2,(H,18,19);;3*1H2;;/q;+2;;;;2*-1. The van der Waals surface area contributed by atoms with Crippen LogP contribution in [0.3, 0.4) is 0 Å². The van der Waals surface area contributed by atoms with Crippen molar-refractivity contribution in [2.75, 3.05) is 0 Å². The van der Waals surface area contributed by atoms with E-state index < -0.39 is 12.0 Å². The fraction of sp³-hybridized carbons (Fsp3) is 0.0667. The summed E-state index contributed by atoms with van der Waals surface area (Å²) in [4.78, 5) is 23.0. The second-order valence-corrected chi connectivity index (χ2v) is 4.14. The van der Waals surface area contributed by atoms with Crippen molar-refractivity contribution in [3.8, 4) is 0 Å². The van der Waals surface area contributed by atoms with Crippen LogP contribution in [-0.4, -0.2) is 56.3 Å². The van der Waals surface area contributed by atoms with Gasteiger partial charge in [-0.15, -0.1) is 0 Å². The molecular formula is C15H21MgNO6. The number of carbonyl (C=O) groups excluding carboxylic acids is 1. The van der Waals surface area contributed by atoms with Crippen molar-refractivity contribution in [2.24, 2.45) is 5.73 Å². The maximum absolute atomic E-state index is 12.2. The molecule has 0 saturated heterocycles. The van der Waals surface area contributed by atoms with E-state index in [1.54, 1.807) is 42.5 Å². The van der Waals surface area contributed by atoms with Gasteiger partial charge in [0.05, 0.1) is 0 Å². The molecule has 1 atom stereocenters. The summed E-state index contributed by atoms with van der Waals surface area (Å²) in [5.74, 6) is -1.27. The van der Waals surface area contributed by atoms with Gasteiger partial charge in [0, 0.05) is 11.1 Å². The van der Waals surface area contributed by atoms with Gasteiger partial charge in [-0.1, -0.05) is 48.5 Å². The number of carboxylic acids is 1. The molecule has 0 aromatic heterocycles. The molecule has 2 aromatic rings. The van der Waals surface area contributed by atoms with Crippen molar-refractivity contribution < 1.29 is 34.0 Å². The Morgan fingerprint density at radius 2 is 1.43 bits per heavy atom. The molecule has 9 N–H and O–H groups in total. The van der Waals surface area contributed by atoms with Crippen LogP contribution in [0.4, 0.5) is 0 Å². The van der Waals surface area contributed by atoms with Gasteiger partial charge in [-0.2, -0.15) is 0 Å². The van der Waals surface area contributed by atoms with E-state index in [0.29, 0.717) is 16.7 Å². The molecule has 0 heterocycles. The van der Waals surface area contributed by atoms with Crippen LogP contribution in [0.2, 0.25) is 0 Å². The van der Waals surface area contributed by atoms with Gasteiger partial charge < -0.3 is 30.1 Å². The molecule has 7 nitrogen and oxygen atoms in total. The van der Waals surface area contributed by atoms with Crippen LogP contribution < -0.4 is 5.73 Å². The van der Waals surface area contributed by atoms with E-state index in [1.165, 1.54) is 6.07 Å². The first-order valence-corrected chi connectivity index (χ1v) is 5.77. The Hall–Kier alpha value is -1.81. The van der Waals surface area contributed by atoms with E-state index in [4.69, 9.17) is 10.8 Å². The van der Waals surface area contributed by atoms with E-state index in [-0.39, 0.29) is 48.1 Å². The SMILES string of the molecule is NC(C(=O)O)c1cccc(C(=O)c2ccccc2)c1.O.O.O.[H-].[H-].[Mg+2]. The topological polar surface area (TPSA) is 175 Å². The van der Waals surface area contributed by atoms with Crippen LogP contribution in [0.15, 0.2) is 54.6 Å². The molecule has 2 aromatic carbocycles.